The number of pyridine rings is 1. The number of rotatable bonds is 6. The number of benzene rings is 3. The fraction of sp³-hybridized carbons (Fsp3) is 0.0769. The Kier molecular flexibility index (Phi) is 6.96. The quantitative estimate of drug-likeness (QED) is 0.327. The van der Waals surface area contributed by atoms with Crippen molar-refractivity contribution in [1.29, 1.82) is 0 Å². The Balaban J connectivity index is 1.46. The maximum absolute atomic E-state index is 13.7. The highest BCUT2D eigenvalue weighted by Gasteiger charge is 2.17. The Bertz CT molecular complexity index is 1410. The number of hydrogen-bond donors (Lipinski definition) is 2. The second-order valence-electron chi connectivity index (χ2n) is 7.36. The number of halogens is 1. The summed E-state index contributed by atoms with van der Waals surface area (Å²) in [5, 5.41) is 0.558. The number of amides is 2. The van der Waals surface area contributed by atoms with Crippen LogP contribution in [0.2, 0.25) is 0 Å². The molecule has 9 heteroatoms. The molecular formula is C26H20FN3O5. The summed E-state index contributed by atoms with van der Waals surface area (Å²) < 4.78 is 24.0. The second kappa shape index (κ2) is 10.4. The molecule has 0 saturated heterocycles. The first-order valence-corrected chi connectivity index (χ1v) is 10.5. The number of nitrogens with one attached hydrogen (secondary N) is 2. The Morgan fingerprint density at radius 1 is 0.886 bits per heavy atom. The summed E-state index contributed by atoms with van der Waals surface area (Å²) in [5.74, 6) is -2.43. The van der Waals surface area contributed by atoms with Crippen LogP contribution in [0.1, 0.15) is 20.7 Å². The summed E-state index contributed by atoms with van der Waals surface area (Å²) >= 11 is 0. The number of hydrogen-bond acceptors (Lipinski definition) is 6. The van der Waals surface area contributed by atoms with Crippen molar-refractivity contribution in [2.24, 2.45) is 0 Å². The summed E-state index contributed by atoms with van der Waals surface area (Å²) in [6, 6.07) is 21.2. The first kappa shape index (κ1) is 23.4. The Morgan fingerprint density at radius 2 is 1.60 bits per heavy atom. The number of nitrogens with zero attached hydrogens (tertiary/aromatic N) is 1. The van der Waals surface area contributed by atoms with Gasteiger partial charge in [0.25, 0.3) is 11.8 Å². The normalized spacial score (nSPS) is 10.5. The summed E-state index contributed by atoms with van der Waals surface area (Å²) in [4.78, 5) is 41.6. The van der Waals surface area contributed by atoms with Crippen molar-refractivity contribution in [3.8, 4) is 17.0 Å². The van der Waals surface area contributed by atoms with E-state index in [2.05, 4.69) is 15.8 Å². The Labute approximate surface area is 199 Å². The molecule has 4 aromatic rings. The van der Waals surface area contributed by atoms with Crippen molar-refractivity contribution in [2.45, 2.75) is 0 Å². The molecule has 2 amide bonds. The molecule has 0 fully saturated rings. The molecule has 0 radical (unpaired) electrons. The van der Waals surface area contributed by atoms with E-state index in [9.17, 15) is 18.8 Å². The standard InChI is InChI=1S/C26H20FN3O5/c1-34-17-12-10-16(11-13-17)23-14-20(18-6-3-5-9-22(18)28-23)26(33)35-15-24(31)29-30-25(32)19-7-2-4-8-21(19)27/h2-14H,15H2,1H3,(H,29,31)(H,30,32). The number of hydrazine groups is 1. The van der Waals surface area contributed by atoms with E-state index in [1.165, 1.54) is 18.2 Å². The molecule has 8 nitrogen and oxygen atoms in total. The minimum absolute atomic E-state index is 0.226. The van der Waals surface area contributed by atoms with Gasteiger partial charge in [0.2, 0.25) is 0 Å². The van der Waals surface area contributed by atoms with Crippen molar-refractivity contribution in [2.75, 3.05) is 13.7 Å². The predicted molar refractivity (Wildman–Crippen MR) is 126 cm³/mol. The van der Waals surface area contributed by atoms with Crippen LogP contribution in [0.25, 0.3) is 22.2 Å². The third kappa shape index (κ3) is 5.41. The van der Waals surface area contributed by atoms with E-state index in [1.807, 2.05) is 12.1 Å². The lowest BCUT2D eigenvalue weighted by atomic mass is 10.0. The number of aromatic nitrogens is 1. The number of carbonyl (C=O) groups is 3. The zero-order chi connectivity index (χ0) is 24.8. The van der Waals surface area contributed by atoms with Gasteiger partial charge in [0.1, 0.15) is 11.6 Å². The van der Waals surface area contributed by atoms with E-state index in [0.29, 0.717) is 22.3 Å². The third-order valence-corrected chi connectivity index (χ3v) is 5.09. The monoisotopic (exact) mass is 473 g/mol. The van der Waals surface area contributed by atoms with Gasteiger partial charge in [0, 0.05) is 10.9 Å². The summed E-state index contributed by atoms with van der Waals surface area (Å²) in [6.45, 7) is -0.662. The average molecular weight is 473 g/mol. The molecule has 0 aliphatic heterocycles. The number of methoxy groups -OCH3 is 1. The molecule has 0 saturated carbocycles. The second-order valence-corrected chi connectivity index (χ2v) is 7.36. The topological polar surface area (TPSA) is 107 Å². The predicted octanol–water partition coefficient (Wildman–Crippen LogP) is 3.67. The summed E-state index contributed by atoms with van der Waals surface area (Å²) in [5.41, 5.74) is 6.05. The van der Waals surface area contributed by atoms with Gasteiger partial charge in [-0.25, -0.2) is 14.2 Å². The van der Waals surface area contributed by atoms with Crippen LogP contribution in [0.15, 0.2) is 78.9 Å². The molecule has 4 rings (SSSR count). The largest absolute Gasteiger partial charge is 0.497 e. The lowest BCUT2D eigenvalue weighted by molar-refractivity contribution is -0.125. The molecule has 0 bridgehead atoms. The van der Waals surface area contributed by atoms with Crippen molar-refractivity contribution < 1.29 is 28.2 Å². The van der Waals surface area contributed by atoms with Crippen molar-refractivity contribution in [3.63, 3.8) is 0 Å². The lowest BCUT2D eigenvalue weighted by Gasteiger charge is -2.11. The number of esters is 1. The van der Waals surface area contributed by atoms with Crippen LogP contribution in [-0.2, 0) is 9.53 Å². The molecule has 3 aromatic carbocycles. The highest BCUT2D eigenvalue weighted by Crippen LogP contribution is 2.26. The lowest BCUT2D eigenvalue weighted by Crippen LogP contribution is -2.43. The van der Waals surface area contributed by atoms with Crippen molar-refractivity contribution in [1.82, 2.24) is 15.8 Å². The van der Waals surface area contributed by atoms with Crippen LogP contribution in [0.5, 0.6) is 5.75 Å². The van der Waals surface area contributed by atoms with Gasteiger partial charge in [0.05, 0.1) is 29.4 Å². The highest BCUT2D eigenvalue weighted by molar-refractivity contribution is 6.05. The highest BCUT2D eigenvalue weighted by atomic mass is 19.1. The minimum atomic E-state index is -0.841. The van der Waals surface area contributed by atoms with Gasteiger partial charge < -0.3 is 9.47 Å². The van der Waals surface area contributed by atoms with Gasteiger partial charge in [-0.2, -0.15) is 0 Å². The van der Waals surface area contributed by atoms with Gasteiger partial charge in [-0.1, -0.05) is 30.3 Å². The molecule has 0 unspecified atom stereocenters. The van der Waals surface area contributed by atoms with Crippen molar-refractivity contribution in [3.05, 3.63) is 95.8 Å². The first-order chi connectivity index (χ1) is 17.0. The van der Waals surface area contributed by atoms with Crippen LogP contribution < -0.4 is 15.6 Å². The fourth-order valence-electron chi connectivity index (χ4n) is 3.34. The van der Waals surface area contributed by atoms with Gasteiger partial charge in [-0.15, -0.1) is 0 Å². The molecule has 1 heterocycles. The van der Waals surface area contributed by atoms with E-state index < -0.39 is 30.2 Å². The molecule has 0 aliphatic rings. The van der Waals surface area contributed by atoms with E-state index >= 15 is 0 Å². The SMILES string of the molecule is COc1ccc(-c2cc(C(=O)OCC(=O)NNC(=O)c3ccccc3F)c3ccccc3n2)cc1. The summed E-state index contributed by atoms with van der Waals surface area (Å²) in [7, 11) is 1.57. The van der Waals surface area contributed by atoms with E-state index in [1.54, 1.807) is 49.6 Å². The summed E-state index contributed by atoms with van der Waals surface area (Å²) in [6.07, 6.45) is 0. The molecule has 176 valence electrons. The number of ether oxygens (including phenoxy) is 2. The van der Waals surface area contributed by atoms with Crippen LogP contribution in [0.3, 0.4) is 0 Å². The van der Waals surface area contributed by atoms with Crippen LogP contribution in [0, 0.1) is 5.82 Å². The number of para-hydroxylation sites is 1. The average Bonchev–Trinajstić information content (AvgIpc) is 2.90. The Hall–Kier alpha value is -4.79. The zero-order valence-corrected chi connectivity index (χ0v) is 18.6. The maximum atomic E-state index is 13.7. The molecule has 2 N–H and O–H groups in total. The van der Waals surface area contributed by atoms with Gasteiger partial charge in [0.15, 0.2) is 6.61 Å². The van der Waals surface area contributed by atoms with Gasteiger partial charge in [-0.3, -0.25) is 20.4 Å². The van der Waals surface area contributed by atoms with Crippen molar-refractivity contribution >= 4 is 28.7 Å². The first-order valence-electron chi connectivity index (χ1n) is 10.5. The molecule has 0 aliphatic carbocycles. The third-order valence-electron chi connectivity index (χ3n) is 5.09. The molecule has 0 spiro atoms. The van der Waals surface area contributed by atoms with Gasteiger partial charge in [-0.05, 0) is 48.5 Å². The van der Waals surface area contributed by atoms with Crippen LogP contribution in [-0.4, -0.2) is 36.5 Å². The van der Waals surface area contributed by atoms with Crippen LogP contribution in [0.4, 0.5) is 4.39 Å². The number of fused-ring (bicyclic) bond motifs is 1. The fourth-order valence-corrected chi connectivity index (χ4v) is 3.34. The van der Waals surface area contributed by atoms with E-state index in [-0.39, 0.29) is 11.1 Å². The van der Waals surface area contributed by atoms with E-state index in [4.69, 9.17) is 9.47 Å². The van der Waals surface area contributed by atoms with E-state index in [0.717, 1.165) is 11.6 Å². The van der Waals surface area contributed by atoms with Gasteiger partial charge >= 0.3 is 5.97 Å². The molecule has 35 heavy (non-hydrogen) atoms. The Morgan fingerprint density at radius 3 is 2.34 bits per heavy atom. The minimum Gasteiger partial charge on any atom is -0.497 e. The van der Waals surface area contributed by atoms with Crippen LogP contribution >= 0.6 is 0 Å². The molecule has 1 aromatic heterocycles. The molecular weight excluding hydrogens is 453 g/mol. The number of carbonyl (C=O) groups excluding carboxylic acids is 3. The molecule has 0 atom stereocenters. The zero-order valence-electron chi connectivity index (χ0n) is 18.6. The maximum Gasteiger partial charge on any atom is 0.339 e. The smallest absolute Gasteiger partial charge is 0.339 e.